The zero-order valence-electron chi connectivity index (χ0n) is 5.69. The van der Waals surface area contributed by atoms with Crippen molar-refractivity contribution < 1.29 is 17.9 Å². The Balaban J connectivity index is 2.48. The third-order valence-corrected chi connectivity index (χ3v) is 1.42. The van der Waals surface area contributed by atoms with Gasteiger partial charge in [0.1, 0.15) is 5.76 Å². The minimum absolute atomic E-state index is 0.0343. The van der Waals surface area contributed by atoms with Gasteiger partial charge in [0.25, 0.3) is 0 Å². The maximum absolute atomic E-state index is 11.9. The van der Waals surface area contributed by atoms with Crippen molar-refractivity contribution >= 4 is 0 Å². The number of hydrogen-bond donors (Lipinski definition) is 1. The van der Waals surface area contributed by atoms with Crippen molar-refractivity contribution in [3.8, 4) is 0 Å². The second-order valence-corrected chi connectivity index (χ2v) is 2.26. The highest BCUT2D eigenvalue weighted by Crippen LogP contribution is 2.31. The number of alkyl halides is 3. The number of ether oxygens (including phenoxy) is 1. The molecule has 0 saturated heterocycles. The summed E-state index contributed by atoms with van der Waals surface area (Å²) in [6, 6.07) is 0. The highest BCUT2D eigenvalue weighted by Gasteiger charge is 2.43. The summed E-state index contributed by atoms with van der Waals surface area (Å²) in [5.41, 5.74) is 5.08. The number of rotatable bonds is 1. The minimum atomic E-state index is -4.27. The van der Waals surface area contributed by atoms with Gasteiger partial charge in [-0.2, -0.15) is 13.2 Å². The molecule has 2 nitrogen and oxygen atoms in total. The van der Waals surface area contributed by atoms with E-state index in [1.807, 2.05) is 0 Å². The molecule has 2 N–H and O–H groups in total. The Morgan fingerprint density at radius 3 is 2.55 bits per heavy atom. The van der Waals surface area contributed by atoms with E-state index in [1.54, 1.807) is 0 Å². The third kappa shape index (κ3) is 1.86. The number of nitrogens with two attached hydrogens (primary N) is 1. The Labute approximate surface area is 61.8 Å². The van der Waals surface area contributed by atoms with Crippen LogP contribution in [0.4, 0.5) is 13.2 Å². The first-order chi connectivity index (χ1) is 5.04. The first-order valence-electron chi connectivity index (χ1n) is 3.16. The van der Waals surface area contributed by atoms with E-state index >= 15 is 0 Å². The van der Waals surface area contributed by atoms with Crippen LogP contribution in [0.5, 0.6) is 0 Å². The third-order valence-electron chi connectivity index (χ3n) is 1.42. The van der Waals surface area contributed by atoms with Crippen LogP contribution in [0.2, 0.25) is 0 Å². The molecule has 1 aliphatic rings. The fourth-order valence-corrected chi connectivity index (χ4v) is 0.849. The topological polar surface area (TPSA) is 35.2 Å². The van der Waals surface area contributed by atoms with Gasteiger partial charge in [0.05, 0.1) is 6.54 Å². The summed E-state index contributed by atoms with van der Waals surface area (Å²) >= 11 is 0. The van der Waals surface area contributed by atoms with Crippen molar-refractivity contribution in [2.24, 2.45) is 5.73 Å². The van der Waals surface area contributed by atoms with Gasteiger partial charge in [-0.25, -0.2) is 0 Å². The molecule has 0 amide bonds. The average molecular weight is 167 g/mol. The summed E-state index contributed by atoms with van der Waals surface area (Å²) in [6.45, 7) is 0.0343. The fraction of sp³-hybridized carbons (Fsp3) is 0.667. The summed E-state index contributed by atoms with van der Waals surface area (Å²) in [6.07, 6.45) is -4.69. The zero-order chi connectivity index (χ0) is 8.48. The number of hydrogen-bond acceptors (Lipinski definition) is 2. The van der Waals surface area contributed by atoms with Gasteiger partial charge in [-0.05, 0) is 6.08 Å². The lowest BCUT2D eigenvalue weighted by Gasteiger charge is -2.15. The van der Waals surface area contributed by atoms with E-state index in [9.17, 15) is 13.2 Å². The van der Waals surface area contributed by atoms with Crippen LogP contribution in [0.15, 0.2) is 11.8 Å². The molecule has 0 aromatic carbocycles. The molecule has 0 aromatic rings. The van der Waals surface area contributed by atoms with E-state index in [0.717, 1.165) is 0 Å². The average Bonchev–Trinajstić information content (AvgIpc) is 2.32. The molecule has 11 heavy (non-hydrogen) atoms. The van der Waals surface area contributed by atoms with Crippen LogP contribution in [0.1, 0.15) is 6.42 Å². The highest BCUT2D eigenvalue weighted by atomic mass is 19.4. The SMILES string of the molecule is NCC1=CCC(C(F)(F)F)O1. The van der Waals surface area contributed by atoms with Crippen LogP contribution in [-0.4, -0.2) is 18.8 Å². The van der Waals surface area contributed by atoms with E-state index in [1.165, 1.54) is 6.08 Å². The first kappa shape index (κ1) is 8.39. The van der Waals surface area contributed by atoms with Gasteiger partial charge in [-0.15, -0.1) is 0 Å². The Morgan fingerprint density at radius 1 is 1.64 bits per heavy atom. The molecular formula is C6H8F3NO. The molecule has 0 saturated carbocycles. The molecule has 0 spiro atoms. The fourth-order valence-electron chi connectivity index (χ4n) is 0.849. The molecule has 5 heteroatoms. The largest absolute Gasteiger partial charge is 0.484 e. The van der Waals surface area contributed by atoms with E-state index < -0.39 is 12.3 Å². The van der Waals surface area contributed by atoms with E-state index in [2.05, 4.69) is 4.74 Å². The van der Waals surface area contributed by atoms with Crippen LogP contribution in [-0.2, 0) is 4.74 Å². The van der Waals surface area contributed by atoms with E-state index in [-0.39, 0.29) is 18.7 Å². The molecule has 0 fully saturated rings. The number of halogens is 3. The lowest BCUT2D eigenvalue weighted by molar-refractivity contribution is -0.202. The van der Waals surface area contributed by atoms with Crippen molar-refractivity contribution in [1.29, 1.82) is 0 Å². The maximum atomic E-state index is 11.9. The van der Waals surface area contributed by atoms with Crippen LogP contribution in [0.25, 0.3) is 0 Å². The molecule has 1 atom stereocenters. The summed E-state index contributed by atoms with van der Waals surface area (Å²) in [5.74, 6) is 0.229. The quantitative estimate of drug-likeness (QED) is 0.636. The molecule has 0 aliphatic carbocycles. The first-order valence-corrected chi connectivity index (χ1v) is 3.16. The molecule has 1 rings (SSSR count). The van der Waals surface area contributed by atoms with Crippen molar-refractivity contribution in [2.75, 3.05) is 6.54 Å². The summed E-state index contributed by atoms with van der Waals surface area (Å²) in [4.78, 5) is 0. The van der Waals surface area contributed by atoms with Gasteiger partial charge < -0.3 is 10.5 Å². The summed E-state index contributed by atoms with van der Waals surface area (Å²) < 4.78 is 40.1. The van der Waals surface area contributed by atoms with Gasteiger partial charge in [-0.3, -0.25) is 0 Å². The van der Waals surface area contributed by atoms with Crippen LogP contribution >= 0.6 is 0 Å². The van der Waals surface area contributed by atoms with Crippen LogP contribution in [0, 0.1) is 0 Å². The van der Waals surface area contributed by atoms with E-state index in [4.69, 9.17) is 5.73 Å². The second-order valence-electron chi connectivity index (χ2n) is 2.26. The predicted octanol–water partition coefficient (Wildman–Crippen LogP) is 1.18. The van der Waals surface area contributed by atoms with Gasteiger partial charge in [0.2, 0.25) is 0 Å². The molecule has 1 unspecified atom stereocenters. The standard InChI is InChI=1S/C6H8F3NO/c7-6(8,9)5-2-1-4(3-10)11-5/h1,5H,2-3,10H2. The maximum Gasteiger partial charge on any atom is 0.425 e. The molecule has 0 radical (unpaired) electrons. The van der Waals surface area contributed by atoms with Crippen molar-refractivity contribution in [3.63, 3.8) is 0 Å². The lowest BCUT2D eigenvalue weighted by atomic mass is 10.2. The van der Waals surface area contributed by atoms with Gasteiger partial charge in [0.15, 0.2) is 6.10 Å². The summed E-state index contributed by atoms with van der Waals surface area (Å²) in [7, 11) is 0. The Kier molecular flexibility index (Phi) is 2.08. The summed E-state index contributed by atoms with van der Waals surface area (Å²) in [5, 5.41) is 0. The van der Waals surface area contributed by atoms with Gasteiger partial charge in [0, 0.05) is 6.42 Å². The normalized spacial score (nSPS) is 24.7. The molecule has 0 aromatic heterocycles. The zero-order valence-corrected chi connectivity index (χ0v) is 5.69. The molecule has 1 heterocycles. The minimum Gasteiger partial charge on any atom is -0.484 e. The Hall–Kier alpha value is -0.710. The van der Waals surface area contributed by atoms with E-state index in [0.29, 0.717) is 0 Å². The second kappa shape index (κ2) is 2.73. The van der Waals surface area contributed by atoms with Crippen molar-refractivity contribution in [1.82, 2.24) is 0 Å². The van der Waals surface area contributed by atoms with Crippen LogP contribution < -0.4 is 5.73 Å². The monoisotopic (exact) mass is 167 g/mol. The van der Waals surface area contributed by atoms with Gasteiger partial charge in [-0.1, -0.05) is 0 Å². The van der Waals surface area contributed by atoms with Crippen molar-refractivity contribution in [3.05, 3.63) is 11.8 Å². The lowest BCUT2D eigenvalue weighted by Crippen LogP contribution is -2.28. The Bertz CT molecular complexity index is 175. The van der Waals surface area contributed by atoms with Crippen LogP contribution in [0.3, 0.4) is 0 Å². The van der Waals surface area contributed by atoms with Gasteiger partial charge >= 0.3 is 6.18 Å². The highest BCUT2D eigenvalue weighted by molar-refractivity contribution is 5.03. The molecule has 64 valence electrons. The van der Waals surface area contributed by atoms with Crippen molar-refractivity contribution in [2.45, 2.75) is 18.7 Å². The smallest absolute Gasteiger partial charge is 0.425 e. The molecule has 0 bridgehead atoms. The predicted molar refractivity (Wildman–Crippen MR) is 32.7 cm³/mol. The Morgan fingerprint density at radius 2 is 2.27 bits per heavy atom. The molecule has 1 aliphatic heterocycles. The molecular weight excluding hydrogens is 159 g/mol.